The van der Waals surface area contributed by atoms with Gasteiger partial charge in [0.1, 0.15) is 11.1 Å². The molecule has 2 aromatic rings. The van der Waals surface area contributed by atoms with E-state index in [1.54, 1.807) is 0 Å². The predicted molar refractivity (Wildman–Crippen MR) is 95.5 cm³/mol. The Hall–Kier alpha value is -1.86. The number of morpholine rings is 1. The molecule has 1 aromatic heterocycles. The van der Waals surface area contributed by atoms with Gasteiger partial charge in [-0.1, -0.05) is 42.1 Å². The molecule has 2 fully saturated rings. The molecule has 132 valence electrons. The van der Waals surface area contributed by atoms with Crippen LogP contribution < -0.4 is 0 Å². The van der Waals surface area contributed by atoms with Crippen molar-refractivity contribution in [2.24, 2.45) is 0 Å². The highest BCUT2D eigenvalue weighted by Gasteiger charge is 2.33. The molecule has 1 aromatic carbocycles. The first kappa shape index (κ1) is 16.6. The first-order valence-electron chi connectivity index (χ1n) is 8.73. The summed E-state index contributed by atoms with van der Waals surface area (Å²) in [5.74, 6) is 1.05. The van der Waals surface area contributed by atoms with Crippen LogP contribution in [0.25, 0.3) is 0 Å². The maximum absolute atomic E-state index is 13.2. The first-order chi connectivity index (χ1) is 12.2. The molecule has 1 unspecified atom stereocenters. The summed E-state index contributed by atoms with van der Waals surface area (Å²) < 4.78 is 7.58. The Kier molecular flexibility index (Phi) is 4.76. The summed E-state index contributed by atoms with van der Waals surface area (Å²) in [4.78, 5) is 15.1. The Morgan fingerprint density at radius 2 is 1.92 bits per heavy atom. The Labute approximate surface area is 151 Å². The lowest BCUT2D eigenvalue weighted by Crippen LogP contribution is -2.42. The molecule has 0 N–H and O–H groups in total. The predicted octanol–water partition coefficient (Wildman–Crippen LogP) is 2.61. The lowest BCUT2D eigenvalue weighted by atomic mass is 10.1. The van der Waals surface area contributed by atoms with Crippen LogP contribution in [0.2, 0.25) is 0 Å². The van der Waals surface area contributed by atoms with Crippen molar-refractivity contribution in [1.82, 2.24) is 19.7 Å². The molecule has 4 rings (SSSR count). The van der Waals surface area contributed by atoms with Gasteiger partial charge in [-0.2, -0.15) is 0 Å². The topological polar surface area (TPSA) is 60.3 Å². The van der Waals surface area contributed by atoms with Crippen molar-refractivity contribution in [3.05, 3.63) is 41.7 Å². The number of benzene rings is 1. The van der Waals surface area contributed by atoms with Crippen molar-refractivity contribution in [2.45, 2.75) is 36.2 Å². The van der Waals surface area contributed by atoms with Crippen LogP contribution in [0.4, 0.5) is 0 Å². The van der Waals surface area contributed by atoms with Crippen LogP contribution in [0.1, 0.15) is 35.5 Å². The highest BCUT2D eigenvalue weighted by atomic mass is 32.2. The van der Waals surface area contributed by atoms with E-state index < -0.39 is 0 Å². The summed E-state index contributed by atoms with van der Waals surface area (Å²) in [5, 5.41) is 9.13. The van der Waals surface area contributed by atoms with E-state index in [1.807, 2.05) is 42.2 Å². The monoisotopic (exact) mass is 358 g/mol. The van der Waals surface area contributed by atoms with Gasteiger partial charge in [-0.3, -0.25) is 4.79 Å². The number of nitrogens with zero attached hydrogens (tertiary/aromatic N) is 4. The van der Waals surface area contributed by atoms with Crippen LogP contribution in [0.5, 0.6) is 0 Å². The van der Waals surface area contributed by atoms with E-state index in [4.69, 9.17) is 4.74 Å². The molecule has 1 amide bonds. The number of carbonyl (C=O) groups excluding carboxylic acids is 1. The second-order valence-corrected chi connectivity index (χ2v) is 7.55. The molecule has 2 aliphatic rings. The summed E-state index contributed by atoms with van der Waals surface area (Å²) in [6, 6.07) is 10.5. The summed E-state index contributed by atoms with van der Waals surface area (Å²) >= 11 is 1.52. The second-order valence-electron chi connectivity index (χ2n) is 6.48. The fourth-order valence-corrected chi connectivity index (χ4v) is 4.36. The Balaban J connectivity index is 1.62. The normalized spacial score (nSPS) is 19.0. The van der Waals surface area contributed by atoms with Gasteiger partial charge < -0.3 is 14.2 Å². The number of ether oxygens (including phenoxy) is 1. The summed E-state index contributed by atoms with van der Waals surface area (Å²) in [7, 11) is 0. The van der Waals surface area contributed by atoms with Gasteiger partial charge in [-0.15, -0.1) is 10.2 Å². The second kappa shape index (κ2) is 7.17. The van der Waals surface area contributed by atoms with Gasteiger partial charge in [0.15, 0.2) is 5.16 Å². The largest absolute Gasteiger partial charge is 0.378 e. The molecule has 2 heterocycles. The van der Waals surface area contributed by atoms with Crippen LogP contribution in [0, 0.1) is 6.92 Å². The summed E-state index contributed by atoms with van der Waals surface area (Å²) in [5.41, 5.74) is 1.01. The third-order valence-corrected chi connectivity index (χ3v) is 5.82. The molecule has 0 bridgehead atoms. The number of amides is 1. The summed E-state index contributed by atoms with van der Waals surface area (Å²) in [6.07, 6.45) is 2.33. The maximum atomic E-state index is 13.2. The van der Waals surface area contributed by atoms with Crippen LogP contribution in [0.15, 0.2) is 35.5 Å². The average molecular weight is 358 g/mol. The number of carbonyl (C=O) groups is 1. The molecule has 0 spiro atoms. The number of aryl methyl sites for hydroxylation is 1. The fraction of sp³-hybridized carbons (Fsp3) is 0.500. The van der Waals surface area contributed by atoms with Gasteiger partial charge in [-0.05, 0) is 25.3 Å². The van der Waals surface area contributed by atoms with Gasteiger partial charge in [0, 0.05) is 19.1 Å². The van der Waals surface area contributed by atoms with Crippen LogP contribution in [-0.4, -0.2) is 51.9 Å². The number of aromatic nitrogens is 3. The highest BCUT2D eigenvalue weighted by Crippen LogP contribution is 2.42. The maximum Gasteiger partial charge on any atom is 0.240 e. The first-order valence-corrected chi connectivity index (χ1v) is 9.61. The molecule has 6 nitrogen and oxygen atoms in total. The smallest absolute Gasteiger partial charge is 0.240 e. The Morgan fingerprint density at radius 1 is 1.20 bits per heavy atom. The standard InChI is InChI=1S/C18H22N4O2S/c1-13-19-20-18(22(13)15-7-8-15)25-16(14-5-3-2-4-6-14)17(23)21-9-11-24-12-10-21/h2-6,15-16H,7-12H2,1H3. The van der Waals surface area contributed by atoms with Gasteiger partial charge >= 0.3 is 0 Å². The van der Waals surface area contributed by atoms with Crippen LogP contribution in [0.3, 0.4) is 0 Å². The van der Waals surface area contributed by atoms with Crippen LogP contribution in [-0.2, 0) is 9.53 Å². The minimum Gasteiger partial charge on any atom is -0.378 e. The zero-order valence-electron chi connectivity index (χ0n) is 14.3. The van der Waals surface area contributed by atoms with E-state index in [-0.39, 0.29) is 11.2 Å². The fourth-order valence-electron chi connectivity index (χ4n) is 3.13. The molecule has 1 atom stereocenters. The van der Waals surface area contributed by atoms with Crippen molar-refractivity contribution in [2.75, 3.05) is 26.3 Å². The minimum atomic E-state index is -0.305. The van der Waals surface area contributed by atoms with Crippen molar-refractivity contribution in [3.8, 4) is 0 Å². The van der Waals surface area contributed by atoms with Gasteiger partial charge in [-0.25, -0.2) is 0 Å². The number of rotatable bonds is 5. The molecule has 1 saturated heterocycles. The summed E-state index contributed by atoms with van der Waals surface area (Å²) in [6.45, 7) is 4.50. The molecule has 1 aliphatic carbocycles. The molecular weight excluding hydrogens is 336 g/mol. The average Bonchev–Trinajstić information content (AvgIpc) is 3.43. The van der Waals surface area contributed by atoms with E-state index >= 15 is 0 Å². The van der Waals surface area contributed by atoms with E-state index in [9.17, 15) is 4.79 Å². The molecule has 1 aliphatic heterocycles. The minimum absolute atomic E-state index is 0.127. The molecule has 1 saturated carbocycles. The molecule has 7 heteroatoms. The van der Waals surface area contributed by atoms with Crippen molar-refractivity contribution < 1.29 is 9.53 Å². The van der Waals surface area contributed by atoms with Gasteiger partial charge in [0.05, 0.1) is 13.2 Å². The lowest BCUT2D eigenvalue weighted by molar-refractivity contribution is -0.134. The number of thioether (sulfide) groups is 1. The van der Waals surface area contributed by atoms with E-state index in [2.05, 4.69) is 14.8 Å². The van der Waals surface area contributed by atoms with Crippen molar-refractivity contribution in [3.63, 3.8) is 0 Å². The molecular formula is C18H22N4O2S. The van der Waals surface area contributed by atoms with Crippen LogP contribution >= 0.6 is 11.8 Å². The Morgan fingerprint density at radius 3 is 2.60 bits per heavy atom. The van der Waals surface area contributed by atoms with Gasteiger partial charge in [0.2, 0.25) is 5.91 Å². The molecule has 0 radical (unpaired) electrons. The highest BCUT2D eigenvalue weighted by molar-refractivity contribution is 8.00. The van der Waals surface area contributed by atoms with Gasteiger partial charge in [0.25, 0.3) is 0 Å². The third kappa shape index (κ3) is 3.57. The zero-order valence-corrected chi connectivity index (χ0v) is 15.1. The number of hydrogen-bond acceptors (Lipinski definition) is 5. The third-order valence-electron chi connectivity index (χ3n) is 4.62. The SMILES string of the molecule is Cc1nnc(SC(C(=O)N2CCOCC2)c2ccccc2)n1C1CC1. The quantitative estimate of drug-likeness (QED) is 0.769. The van der Waals surface area contributed by atoms with E-state index in [0.29, 0.717) is 32.3 Å². The van der Waals surface area contributed by atoms with Crippen molar-refractivity contribution in [1.29, 1.82) is 0 Å². The van der Waals surface area contributed by atoms with E-state index in [0.717, 1.165) is 16.5 Å². The number of hydrogen-bond donors (Lipinski definition) is 0. The molecule has 25 heavy (non-hydrogen) atoms. The van der Waals surface area contributed by atoms with E-state index in [1.165, 1.54) is 24.6 Å². The van der Waals surface area contributed by atoms with Crippen molar-refractivity contribution >= 4 is 17.7 Å². The lowest BCUT2D eigenvalue weighted by Gasteiger charge is -2.30. The Bertz CT molecular complexity index is 739. The zero-order chi connectivity index (χ0) is 17.2.